The molecule has 0 saturated carbocycles. The lowest BCUT2D eigenvalue weighted by atomic mass is 10.1. The second-order valence-electron chi connectivity index (χ2n) is 6.19. The molecule has 2 atom stereocenters. The average Bonchev–Trinajstić information content (AvgIpc) is 2.53. The van der Waals surface area contributed by atoms with Crippen molar-refractivity contribution < 1.29 is 0 Å². The van der Waals surface area contributed by atoms with Crippen molar-refractivity contribution in [1.82, 2.24) is 5.32 Å². The summed E-state index contributed by atoms with van der Waals surface area (Å²) >= 11 is 1.86. The molecule has 2 aromatic rings. The molecule has 0 radical (unpaired) electrons. The van der Waals surface area contributed by atoms with Crippen LogP contribution in [0.5, 0.6) is 0 Å². The Hall–Kier alpha value is -1.45. The molecule has 1 N–H and O–H groups in total. The number of hydrogen-bond donors (Lipinski definition) is 1. The number of aryl methyl sites for hydroxylation is 1. The molecule has 0 aliphatic carbocycles. The van der Waals surface area contributed by atoms with Crippen molar-refractivity contribution in [3.63, 3.8) is 0 Å². The van der Waals surface area contributed by atoms with Gasteiger partial charge in [-0.1, -0.05) is 41.6 Å². The van der Waals surface area contributed by atoms with E-state index >= 15 is 0 Å². The van der Waals surface area contributed by atoms with Crippen LogP contribution in [0.25, 0.3) is 0 Å². The van der Waals surface area contributed by atoms with E-state index < -0.39 is 0 Å². The fraction of sp³-hybridized carbons (Fsp3) is 0.368. The van der Waals surface area contributed by atoms with Crippen LogP contribution in [0.3, 0.4) is 0 Å². The van der Waals surface area contributed by atoms with Crippen molar-refractivity contribution in [2.75, 3.05) is 18.0 Å². The lowest BCUT2D eigenvalue weighted by Gasteiger charge is -2.40. The van der Waals surface area contributed by atoms with Gasteiger partial charge in [0.1, 0.15) is 0 Å². The van der Waals surface area contributed by atoms with Gasteiger partial charge in [-0.15, -0.1) is 0 Å². The largest absolute Gasteiger partial charge is 0.365 e. The number of benzene rings is 2. The Bertz CT molecular complexity index is 624. The summed E-state index contributed by atoms with van der Waals surface area (Å²) in [5.41, 5.74) is 2.66. The van der Waals surface area contributed by atoms with Crippen LogP contribution in [0.4, 0.5) is 5.69 Å². The lowest BCUT2D eigenvalue weighted by Crippen LogP contribution is -2.54. The van der Waals surface area contributed by atoms with Gasteiger partial charge in [0.15, 0.2) is 0 Å². The Morgan fingerprint density at radius 2 is 1.77 bits per heavy atom. The predicted molar refractivity (Wildman–Crippen MR) is 96.0 cm³/mol. The minimum atomic E-state index is 0.524. The van der Waals surface area contributed by atoms with Crippen LogP contribution >= 0.6 is 11.8 Å². The zero-order chi connectivity index (χ0) is 15.5. The smallest absolute Gasteiger partial charge is 0.0511 e. The molecule has 116 valence electrons. The van der Waals surface area contributed by atoms with Crippen LogP contribution in [0, 0.1) is 6.92 Å². The molecule has 0 spiro atoms. The molecule has 0 unspecified atom stereocenters. The number of nitrogens with one attached hydrogen (secondary N) is 1. The predicted octanol–water partition coefficient (Wildman–Crippen LogP) is 4.33. The highest BCUT2D eigenvalue weighted by Crippen LogP contribution is 2.36. The molecule has 0 amide bonds. The maximum absolute atomic E-state index is 3.56. The van der Waals surface area contributed by atoms with E-state index in [1.54, 1.807) is 0 Å². The maximum atomic E-state index is 3.56. The highest BCUT2D eigenvalue weighted by molar-refractivity contribution is 7.99. The molecule has 0 bridgehead atoms. The van der Waals surface area contributed by atoms with E-state index in [1.807, 2.05) is 11.8 Å². The Morgan fingerprint density at radius 1 is 1.05 bits per heavy atom. The van der Waals surface area contributed by atoms with Gasteiger partial charge in [-0.3, -0.25) is 0 Å². The zero-order valence-electron chi connectivity index (χ0n) is 13.5. The highest BCUT2D eigenvalue weighted by atomic mass is 32.2. The number of anilines is 1. The van der Waals surface area contributed by atoms with Gasteiger partial charge in [0.2, 0.25) is 0 Å². The van der Waals surface area contributed by atoms with Crippen molar-refractivity contribution in [2.45, 2.75) is 42.6 Å². The maximum Gasteiger partial charge on any atom is 0.0511 e. The third-order valence-corrected chi connectivity index (χ3v) is 5.26. The number of hydrogen-bond acceptors (Lipinski definition) is 3. The fourth-order valence-electron chi connectivity index (χ4n) is 2.87. The molecule has 1 fully saturated rings. The average molecular weight is 312 g/mol. The first-order valence-electron chi connectivity index (χ1n) is 7.97. The minimum Gasteiger partial charge on any atom is -0.365 e. The van der Waals surface area contributed by atoms with Gasteiger partial charge in [0, 0.05) is 35.0 Å². The topological polar surface area (TPSA) is 15.3 Å². The number of rotatable bonds is 3. The Labute approximate surface area is 137 Å². The van der Waals surface area contributed by atoms with Gasteiger partial charge in [0.25, 0.3) is 0 Å². The molecule has 3 rings (SSSR count). The van der Waals surface area contributed by atoms with Crippen LogP contribution < -0.4 is 10.2 Å². The molecular weight excluding hydrogens is 288 g/mol. The SMILES string of the molecule is Cc1ccc(Sc2ccccc2N2C[C@H](C)NC[C@H]2C)cc1. The molecule has 22 heavy (non-hydrogen) atoms. The van der Waals surface area contributed by atoms with Crippen LogP contribution in [-0.2, 0) is 0 Å². The fourth-order valence-corrected chi connectivity index (χ4v) is 3.83. The van der Waals surface area contributed by atoms with E-state index in [0.29, 0.717) is 12.1 Å². The van der Waals surface area contributed by atoms with Crippen LogP contribution in [-0.4, -0.2) is 25.2 Å². The molecule has 1 saturated heterocycles. The normalized spacial score (nSPS) is 21.9. The van der Waals surface area contributed by atoms with Crippen molar-refractivity contribution in [3.05, 3.63) is 54.1 Å². The van der Waals surface area contributed by atoms with E-state index in [4.69, 9.17) is 0 Å². The van der Waals surface area contributed by atoms with Gasteiger partial charge < -0.3 is 10.2 Å². The number of nitrogens with zero attached hydrogens (tertiary/aromatic N) is 1. The standard InChI is InChI=1S/C19H24N2S/c1-14-8-10-17(11-9-14)22-19-7-5-4-6-18(19)21-13-15(2)20-12-16(21)3/h4-11,15-16,20H,12-13H2,1-3H3/t15-,16+/m0/s1. The Kier molecular flexibility index (Phi) is 4.74. The minimum absolute atomic E-state index is 0.524. The molecule has 1 aliphatic heterocycles. The van der Waals surface area contributed by atoms with E-state index in [2.05, 4.69) is 79.5 Å². The monoisotopic (exact) mass is 312 g/mol. The van der Waals surface area contributed by atoms with Gasteiger partial charge in [-0.05, 0) is 45.0 Å². The van der Waals surface area contributed by atoms with Gasteiger partial charge in [-0.25, -0.2) is 0 Å². The molecule has 3 heteroatoms. The van der Waals surface area contributed by atoms with E-state index in [9.17, 15) is 0 Å². The second-order valence-corrected chi connectivity index (χ2v) is 7.31. The van der Waals surface area contributed by atoms with Crippen molar-refractivity contribution in [2.24, 2.45) is 0 Å². The zero-order valence-corrected chi connectivity index (χ0v) is 14.4. The van der Waals surface area contributed by atoms with Crippen molar-refractivity contribution in [1.29, 1.82) is 0 Å². The molecular formula is C19H24N2S. The van der Waals surface area contributed by atoms with E-state index in [0.717, 1.165) is 13.1 Å². The number of piperazine rings is 1. The summed E-state index contributed by atoms with van der Waals surface area (Å²) in [6.45, 7) is 8.80. The molecule has 0 aromatic heterocycles. The first kappa shape index (κ1) is 15.4. The summed E-state index contributed by atoms with van der Waals surface area (Å²) in [4.78, 5) is 5.18. The highest BCUT2D eigenvalue weighted by Gasteiger charge is 2.24. The first-order chi connectivity index (χ1) is 10.6. The number of para-hydroxylation sites is 1. The quantitative estimate of drug-likeness (QED) is 0.908. The Morgan fingerprint density at radius 3 is 2.55 bits per heavy atom. The van der Waals surface area contributed by atoms with E-state index in [1.165, 1.54) is 21.0 Å². The van der Waals surface area contributed by atoms with E-state index in [-0.39, 0.29) is 0 Å². The summed E-state index contributed by atoms with van der Waals surface area (Å²) in [6.07, 6.45) is 0. The van der Waals surface area contributed by atoms with Crippen LogP contribution in [0.1, 0.15) is 19.4 Å². The summed E-state index contributed by atoms with van der Waals surface area (Å²) < 4.78 is 0. The third kappa shape index (κ3) is 3.47. The molecule has 1 heterocycles. The Balaban J connectivity index is 1.87. The van der Waals surface area contributed by atoms with Gasteiger partial charge in [-0.2, -0.15) is 0 Å². The van der Waals surface area contributed by atoms with Gasteiger partial charge in [0.05, 0.1) is 5.69 Å². The molecule has 1 aliphatic rings. The van der Waals surface area contributed by atoms with Crippen LogP contribution in [0.2, 0.25) is 0 Å². The summed E-state index contributed by atoms with van der Waals surface area (Å²) in [5.74, 6) is 0. The first-order valence-corrected chi connectivity index (χ1v) is 8.78. The second kappa shape index (κ2) is 6.76. The summed E-state index contributed by atoms with van der Waals surface area (Å²) in [5, 5.41) is 3.56. The molecule has 2 aromatic carbocycles. The lowest BCUT2D eigenvalue weighted by molar-refractivity contribution is 0.423. The summed E-state index contributed by atoms with van der Waals surface area (Å²) in [7, 11) is 0. The third-order valence-electron chi connectivity index (χ3n) is 4.19. The van der Waals surface area contributed by atoms with Crippen molar-refractivity contribution in [3.8, 4) is 0 Å². The van der Waals surface area contributed by atoms with Crippen molar-refractivity contribution >= 4 is 17.4 Å². The van der Waals surface area contributed by atoms with Crippen LogP contribution in [0.15, 0.2) is 58.3 Å². The molecule has 2 nitrogen and oxygen atoms in total. The van der Waals surface area contributed by atoms with Gasteiger partial charge >= 0.3 is 0 Å². The summed E-state index contributed by atoms with van der Waals surface area (Å²) in [6, 6.07) is 18.6.